The second kappa shape index (κ2) is 7.29. The highest BCUT2D eigenvalue weighted by molar-refractivity contribution is 4.78. The minimum Gasteiger partial charge on any atom is -0.393 e. The first-order valence-corrected chi connectivity index (χ1v) is 6.69. The highest BCUT2D eigenvalue weighted by Gasteiger charge is 2.27. The molecular formula is C14H30O2. The first kappa shape index (κ1) is 15.9. The molecule has 0 aliphatic rings. The van der Waals surface area contributed by atoms with E-state index in [9.17, 15) is 10.2 Å². The average Bonchev–Trinajstić information content (AvgIpc) is 2.17. The first-order chi connectivity index (χ1) is 7.32. The van der Waals surface area contributed by atoms with Gasteiger partial charge >= 0.3 is 0 Å². The molecule has 0 spiro atoms. The van der Waals surface area contributed by atoms with E-state index in [1.165, 1.54) is 12.8 Å². The van der Waals surface area contributed by atoms with Crippen molar-refractivity contribution in [1.82, 2.24) is 0 Å². The molecule has 98 valence electrons. The van der Waals surface area contributed by atoms with Gasteiger partial charge < -0.3 is 10.2 Å². The van der Waals surface area contributed by atoms with Crippen LogP contribution >= 0.6 is 0 Å². The fourth-order valence-electron chi connectivity index (χ4n) is 1.91. The number of hydrogen-bond acceptors (Lipinski definition) is 2. The summed E-state index contributed by atoms with van der Waals surface area (Å²) in [6.45, 7) is 10.3. The van der Waals surface area contributed by atoms with E-state index in [0.29, 0.717) is 12.3 Å². The Kier molecular flexibility index (Phi) is 7.25. The SMILES string of the molecule is CCCCC(CC)C(O)CC(O)C(C)(C)C. The third-order valence-electron chi connectivity index (χ3n) is 3.46. The molecule has 2 heteroatoms. The summed E-state index contributed by atoms with van der Waals surface area (Å²) >= 11 is 0. The molecule has 0 aliphatic carbocycles. The number of hydrogen-bond donors (Lipinski definition) is 2. The molecule has 0 aromatic rings. The van der Waals surface area contributed by atoms with Crippen LogP contribution in [-0.4, -0.2) is 22.4 Å². The van der Waals surface area contributed by atoms with Crippen LogP contribution in [0.4, 0.5) is 0 Å². The molecule has 0 fully saturated rings. The lowest BCUT2D eigenvalue weighted by molar-refractivity contribution is -0.00831. The van der Waals surface area contributed by atoms with E-state index >= 15 is 0 Å². The molecule has 0 aromatic carbocycles. The van der Waals surface area contributed by atoms with Crippen molar-refractivity contribution in [1.29, 1.82) is 0 Å². The van der Waals surface area contributed by atoms with Crippen molar-refractivity contribution in [2.24, 2.45) is 11.3 Å². The maximum Gasteiger partial charge on any atom is 0.0613 e. The molecule has 0 saturated carbocycles. The van der Waals surface area contributed by atoms with Gasteiger partial charge in [0, 0.05) is 0 Å². The summed E-state index contributed by atoms with van der Waals surface area (Å²) in [5.74, 6) is 0.344. The van der Waals surface area contributed by atoms with Crippen molar-refractivity contribution in [3.8, 4) is 0 Å². The fraction of sp³-hybridized carbons (Fsp3) is 1.00. The second-order valence-corrected chi connectivity index (χ2v) is 6.00. The van der Waals surface area contributed by atoms with E-state index in [1.54, 1.807) is 0 Å². The summed E-state index contributed by atoms with van der Waals surface area (Å²) < 4.78 is 0. The Morgan fingerprint density at radius 2 is 1.62 bits per heavy atom. The molecule has 3 atom stereocenters. The number of aliphatic hydroxyl groups excluding tert-OH is 2. The molecule has 2 nitrogen and oxygen atoms in total. The molecule has 3 unspecified atom stereocenters. The van der Waals surface area contributed by atoms with Gasteiger partial charge in [-0.25, -0.2) is 0 Å². The van der Waals surface area contributed by atoms with Gasteiger partial charge in [-0.2, -0.15) is 0 Å². The molecule has 2 N–H and O–H groups in total. The van der Waals surface area contributed by atoms with Crippen molar-refractivity contribution in [2.75, 3.05) is 0 Å². The lowest BCUT2D eigenvalue weighted by atomic mass is 9.82. The second-order valence-electron chi connectivity index (χ2n) is 6.00. The van der Waals surface area contributed by atoms with Gasteiger partial charge in [0.05, 0.1) is 12.2 Å². The number of unbranched alkanes of at least 4 members (excludes halogenated alkanes) is 1. The minimum atomic E-state index is -0.418. The highest BCUT2D eigenvalue weighted by Crippen LogP contribution is 2.27. The van der Waals surface area contributed by atoms with Crippen molar-refractivity contribution in [2.45, 2.75) is 78.9 Å². The predicted octanol–water partition coefficient (Wildman–Crippen LogP) is 3.36. The van der Waals surface area contributed by atoms with E-state index in [0.717, 1.165) is 12.8 Å². The van der Waals surface area contributed by atoms with Crippen LogP contribution in [0, 0.1) is 11.3 Å². The maximum absolute atomic E-state index is 10.1. The van der Waals surface area contributed by atoms with Crippen LogP contribution in [0.1, 0.15) is 66.7 Å². The van der Waals surface area contributed by atoms with Crippen LogP contribution < -0.4 is 0 Å². The molecular weight excluding hydrogens is 200 g/mol. The minimum absolute atomic E-state index is 0.135. The van der Waals surface area contributed by atoms with Crippen LogP contribution in [0.2, 0.25) is 0 Å². The van der Waals surface area contributed by atoms with Crippen molar-refractivity contribution in [3.63, 3.8) is 0 Å². The highest BCUT2D eigenvalue weighted by atomic mass is 16.3. The van der Waals surface area contributed by atoms with Crippen LogP contribution in [0.3, 0.4) is 0 Å². The average molecular weight is 230 g/mol. The largest absolute Gasteiger partial charge is 0.393 e. The third kappa shape index (κ3) is 5.86. The Morgan fingerprint density at radius 3 is 2.00 bits per heavy atom. The molecule has 0 aliphatic heterocycles. The summed E-state index contributed by atoms with van der Waals surface area (Å²) in [5.41, 5.74) is -0.135. The van der Waals surface area contributed by atoms with Gasteiger partial charge in [-0.1, -0.05) is 53.9 Å². The van der Waals surface area contributed by atoms with Gasteiger partial charge in [-0.05, 0) is 24.2 Å². The van der Waals surface area contributed by atoms with Gasteiger partial charge in [-0.3, -0.25) is 0 Å². The Bertz CT molecular complexity index is 172. The van der Waals surface area contributed by atoms with Crippen LogP contribution in [0.15, 0.2) is 0 Å². The molecule has 0 rings (SSSR count). The molecule has 16 heavy (non-hydrogen) atoms. The molecule has 0 amide bonds. The van der Waals surface area contributed by atoms with Gasteiger partial charge in [0.2, 0.25) is 0 Å². The molecule has 0 bridgehead atoms. The van der Waals surface area contributed by atoms with Crippen LogP contribution in [0.25, 0.3) is 0 Å². The quantitative estimate of drug-likeness (QED) is 0.704. The standard InChI is InChI=1S/C14H30O2/c1-6-8-9-11(7-2)12(15)10-13(16)14(3,4)5/h11-13,15-16H,6-10H2,1-5H3. The van der Waals surface area contributed by atoms with Crippen molar-refractivity contribution in [3.05, 3.63) is 0 Å². The summed E-state index contributed by atoms with van der Waals surface area (Å²) in [7, 11) is 0. The zero-order valence-corrected chi connectivity index (χ0v) is 11.7. The van der Waals surface area contributed by atoms with Gasteiger partial charge in [0.15, 0.2) is 0 Å². The maximum atomic E-state index is 10.1. The summed E-state index contributed by atoms with van der Waals surface area (Å²) in [6.07, 6.45) is 4.14. The van der Waals surface area contributed by atoms with Gasteiger partial charge in [0.1, 0.15) is 0 Å². The van der Waals surface area contributed by atoms with E-state index in [2.05, 4.69) is 13.8 Å². The zero-order valence-electron chi connectivity index (χ0n) is 11.7. The normalized spacial score (nSPS) is 18.2. The van der Waals surface area contributed by atoms with Gasteiger partial charge in [0.25, 0.3) is 0 Å². The summed E-state index contributed by atoms with van der Waals surface area (Å²) in [5, 5.41) is 20.1. The van der Waals surface area contributed by atoms with E-state index in [4.69, 9.17) is 0 Å². The Hall–Kier alpha value is -0.0800. The monoisotopic (exact) mass is 230 g/mol. The molecule has 0 aromatic heterocycles. The Morgan fingerprint density at radius 1 is 1.06 bits per heavy atom. The lowest BCUT2D eigenvalue weighted by Crippen LogP contribution is -2.33. The zero-order chi connectivity index (χ0) is 12.8. The van der Waals surface area contributed by atoms with E-state index in [-0.39, 0.29) is 11.5 Å². The lowest BCUT2D eigenvalue weighted by Gasteiger charge is -2.30. The summed E-state index contributed by atoms with van der Waals surface area (Å²) in [6, 6.07) is 0. The Balaban J connectivity index is 4.14. The van der Waals surface area contributed by atoms with Crippen LogP contribution in [0.5, 0.6) is 0 Å². The Labute approximate surface area is 101 Å². The molecule has 0 radical (unpaired) electrons. The van der Waals surface area contributed by atoms with Crippen LogP contribution in [-0.2, 0) is 0 Å². The predicted molar refractivity (Wildman–Crippen MR) is 69.4 cm³/mol. The number of rotatable bonds is 7. The number of aliphatic hydroxyl groups is 2. The molecule has 0 heterocycles. The van der Waals surface area contributed by atoms with Gasteiger partial charge in [-0.15, -0.1) is 0 Å². The van der Waals surface area contributed by atoms with Crippen molar-refractivity contribution < 1.29 is 10.2 Å². The summed E-state index contributed by atoms with van der Waals surface area (Å²) in [4.78, 5) is 0. The van der Waals surface area contributed by atoms with E-state index < -0.39 is 6.10 Å². The van der Waals surface area contributed by atoms with E-state index in [1.807, 2.05) is 20.8 Å². The third-order valence-corrected chi connectivity index (χ3v) is 3.46. The van der Waals surface area contributed by atoms with Crippen molar-refractivity contribution >= 4 is 0 Å². The first-order valence-electron chi connectivity index (χ1n) is 6.69. The smallest absolute Gasteiger partial charge is 0.0613 e. The fourth-order valence-corrected chi connectivity index (χ4v) is 1.91. The topological polar surface area (TPSA) is 40.5 Å². The molecule has 0 saturated heterocycles.